The van der Waals surface area contributed by atoms with Crippen LogP contribution in [0, 0.1) is 15.5 Å². The monoisotopic (exact) mass is 275 g/mol. The van der Waals surface area contributed by atoms with Gasteiger partial charge in [0.2, 0.25) is 0 Å². The highest BCUT2D eigenvalue weighted by Crippen LogP contribution is 2.25. The minimum absolute atomic E-state index is 0.0291. The van der Waals surface area contributed by atoms with Crippen LogP contribution in [0.4, 0.5) is 5.69 Å². The smallest absolute Gasteiger partial charge is 0.271 e. The van der Waals surface area contributed by atoms with Crippen molar-refractivity contribution in [1.29, 1.82) is 5.41 Å². The van der Waals surface area contributed by atoms with Crippen molar-refractivity contribution in [1.82, 2.24) is 4.57 Å². The molecule has 0 atom stereocenters. The van der Waals surface area contributed by atoms with E-state index < -0.39 is 4.92 Å². The number of nitro benzene ring substituents is 1. The molecule has 0 aliphatic heterocycles. The maximum atomic E-state index is 10.8. The number of rotatable bonds is 4. The molecule has 1 aromatic heterocycles. The van der Waals surface area contributed by atoms with Crippen LogP contribution in [0.5, 0.6) is 0 Å². The van der Waals surface area contributed by atoms with Crippen LogP contribution in [0.1, 0.15) is 19.4 Å². The largest absolute Gasteiger partial charge is 0.478 e. The number of non-ortho nitro benzene ring substituents is 1. The summed E-state index contributed by atoms with van der Waals surface area (Å²) < 4.78 is 7.17. The highest BCUT2D eigenvalue weighted by molar-refractivity contribution is 5.89. The zero-order valence-electron chi connectivity index (χ0n) is 11.7. The van der Waals surface area contributed by atoms with Gasteiger partial charge in [-0.2, -0.15) is 0 Å². The van der Waals surface area contributed by atoms with E-state index in [9.17, 15) is 10.1 Å². The molecule has 0 saturated carbocycles. The Morgan fingerprint density at radius 3 is 2.80 bits per heavy atom. The topological polar surface area (TPSA) is 81.1 Å². The normalized spacial score (nSPS) is 11.0. The molecule has 2 rings (SSSR count). The van der Waals surface area contributed by atoms with E-state index in [1.165, 1.54) is 6.07 Å². The average Bonchev–Trinajstić information content (AvgIpc) is 2.64. The molecule has 106 valence electrons. The summed E-state index contributed by atoms with van der Waals surface area (Å²) in [6, 6.07) is 4.76. The fourth-order valence-electron chi connectivity index (χ4n) is 2.21. The van der Waals surface area contributed by atoms with Crippen molar-refractivity contribution in [3.63, 3.8) is 0 Å². The first-order valence-corrected chi connectivity index (χ1v) is 6.35. The quantitative estimate of drug-likeness (QED) is 0.403. The first-order chi connectivity index (χ1) is 9.38. The van der Waals surface area contributed by atoms with Crippen LogP contribution in [0.2, 0.25) is 0 Å². The van der Waals surface area contributed by atoms with E-state index in [0.717, 1.165) is 16.5 Å². The van der Waals surface area contributed by atoms with Gasteiger partial charge in [0.25, 0.3) is 5.69 Å². The Balaban J connectivity index is 2.36. The summed E-state index contributed by atoms with van der Waals surface area (Å²) in [7, 11) is 1.84. The van der Waals surface area contributed by atoms with Crippen LogP contribution in [-0.2, 0) is 18.2 Å². The number of nitro groups is 1. The van der Waals surface area contributed by atoms with Crippen molar-refractivity contribution < 1.29 is 9.66 Å². The van der Waals surface area contributed by atoms with Crippen LogP contribution >= 0.6 is 0 Å². The van der Waals surface area contributed by atoms with Crippen molar-refractivity contribution in [3.05, 3.63) is 40.1 Å². The Morgan fingerprint density at radius 2 is 2.20 bits per heavy atom. The van der Waals surface area contributed by atoms with Crippen LogP contribution < -0.4 is 0 Å². The Hall–Kier alpha value is -2.37. The van der Waals surface area contributed by atoms with Crippen molar-refractivity contribution >= 4 is 22.5 Å². The predicted molar refractivity (Wildman–Crippen MR) is 77.2 cm³/mol. The lowest BCUT2D eigenvalue weighted by atomic mass is 10.1. The number of aryl methyl sites for hydroxylation is 1. The summed E-state index contributed by atoms with van der Waals surface area (Å²) in [5, 5.41) is 19.5. The molecule has 0 amide bonds. The van der Waals surface area contributed by atoms with E-state index in [4.69, 9.17) is 10.1 Å². The van der Waals surface area contributed by atoms with Crippen molar-refractivity contribution in [2.24, 2.45) is 7.05 Å². The number of fused-ring (bicyclic) bond motifs is 1. The first-order valence-electron chi connectivity index (χ1n) is 6.35. The highest BCUT2D eigenvalue weighted by Gasteiger charge is 2.14. The van der Waals surface area contributed by atoms with E-state index in [0.29, 0.717) is 6.42 Å². The summed E-state index contributed by atoms with van der Waals surface area (Å²) in [5.41, 5.74) is 1.79. The second-order valence-electron chi connectivity index (χ2n) is 4.99. The van der Waals surface area contributed by atoms with Gasteiger partial charge in [0.1, 0.15) is 0 Å². The van der Waals surface area contributed by atoms with E-state index in [2.05, 4.69) is 0 Å². The molecule has 6 nitrogen and oxygen atoms in total. The van der Waals surface area contributed by atoms with Gasteiger partial charge in [0, 0.05) is 30.8 Å². The number of nitrogens with zero attached hydrogens (tertiary/aromatic N) is 2. The summed E-state index contributed by atoms with van der Waals surface area (Å²) in [5.74, 6) is 0.200. The molecule has 0 bridgehead atoms. The van der Waals surface area contributed by atoms with Gasteiger partial charge in [-0.25, -0.2) is 0 Å². The van der Waals surface area contributed by atoms with Gasteiger partial charge in [-0.1, -0.05) is 0 Å². The number of hydrogen-bond donors (Lipinski definition) is 1. The van der Waals surface area contributed by atoms with Crippen LogP contribution in [0.15, 0.2) is 24.4 Å². The van der Waals surface area contributed by atoms with E-state index >= 15 is 0 Å². The van der Waals surface area contributed by atoms with Gasteiger partial charge in [0.05, 0.1) is 23.0 Å². The highest BCUT2D eigenvalue weighted by atomic mass is 16.6. The lowest BCUT2D eigenvalue weighted by molar-refractivity contribution is -0.384. The molecule has 20 heavy (non-hydrogen) atoms. The molecule has 0 fully saturated rings. The second-order valence-corrected chi connectivity index (χ2v) is 4.99. The summed E-state index contributed by atoms with van der Waals surface area (Å²) in [6.45, 7) is 3.75. The molecule has 0 spiro atoms. The Bertz CT molecular complexity index is 674. The molecule has 0 radical (unpaired) electrons. The standard InChI is InChI=1S/C14H17N3O3/c1-9(2)20-14(15)6-10-8-16(3)13-7-11(17(18)19)4-5-12(10)13/h4-5,7-9,15H,6H2,1-3H3. The molecule has 2 aromatic rings. The van der Waals surface area contributed by atoms with E-state index in [1.54, 1.807) is 12.1 Å². The molecule has 1 aromatic carbocycles. The third-order valence-corrected chi connectivity index (χ3v) is 3.00. The Morgan fingerprint density at radius 1 is 1.50 bits per heavy atom. The van der Waals surface area contributed by atoms with Crippen molar-refractivity contribution in [2.75, 3.05) is 0 Å². The van der Waals surface area contributed by atoms with Gasteiger partial charge < -0.3 is 9.30 Å². The second kappa shape index (κ2) is 5.32. The van der Waals surface area contributed by atoms with Gasteiger partial charge >= 0.3 is 0 Å². The van der Waals surface area contributed by atoms with Crippen LogP contribution in [0.3, 0.4) is 0 Å². The maximum Gasteiger partial charge on any atom is 0.271 e. The molecular formula is C14H17N3O3. The fraction of sp³-hybridized carbons (Fsp3) is 0.357. The van der Waals surface area contributed by atoms with Crippen molar-refractivity contribution in [2.45, 2.75) is 26.4 Å². The lowest BCUT2D eigenvalue weighted by Gasteiger charge is -2.09. The minimum atomic E-state index is -0.407. The molecular weight excluding hydrogens is 258 g/mol. The number of nitrogens with one attached hydrogen (secondary N) is 1. The molecule has 0 saturated heterocycles. The first kappa shape index (κ1) is 14.0. The van der Waals surface area contributed by atoms with Gasteiger partial charge in [-0.15, -0.1) is 0 Å². The third kappa shape index (κ3) is 2.79. The number of aromatic nitrogens is 1. The van der Waals surface area contributed by atoms with Gasteiger partial charge in [-0.3, -0.25) is 15.5 Å². The Kier molecular flexibility index (Phi) is 3.74. The number of ether oxygens (including phenoxy) is 1. The van der Waals surface area contributed by atoms with Gasteiger partial charge in [0.15, 0.2) is 5.90 Å². The maximum absolute atomic E-state index is 10.8. The molecule has 0 aliphatic carbocycles. The van der Waals surface area contributed by atoms with Gasteiger partial charge in [-0.05, 0) is 25.5 Å². The molecule has 0 unspecified atom stereocenters. The minimum Gasteiger partial charge on any atom is -0.478 e. The summed E-state index contributed by atoms with van der Waals surface area (Å²) in [6.07, 6.45) is 2.23. The van der Waals surface area contributed by atoms with E-state index in [1.807, 2.05) is 31.7 Å². The summed E-state index contributed by atoms with van der Waals surface area (Å²) >= 11 is 0. The zero-order chi connectivity index (χ0) is 14.9. The molecule has 1 heterocycles. The average molecular weight is 275 g/mol. The molecule has 1 N–H and O–H groups in total. The molecule has 6 heteroatoms. The molecule has 0 aliphatic rings. The lowest BCUT2D eigenvalue weighted by Crippen LogP contribution is -2.12. The summed E-state index contributed by atoms with van der Waals surface area (Å²) in [4.78, 5) is 10.4. The number of benzene rings is 1. The van der Waals surface area contributed by atoms with Crippen molar-refractivity contribution in [3.8, 4) is 0 Å². The predicted octanol–water partition coefficient (Wildman–Crippen LogP) is 3.03. The number of hydrogen-bond acceptors (Lipinski definition) is 4. The SMILES string of the molecule is CC(C)OC(=N)Cc1cn(C)c2cc([N+](=O)[O-])ccc12. The van der Waals surface area contributed by atoms with E-state index in [-0.39, 0.29) is 17.7 Å². The zero-order valence-corrected chi connectivity index (χ0v) is 11.7. The van der Waals surface area contributed by atoms with Crippen LogP contribution in [0.25, 0.3) is 10.9 Å². The Labute approximate surface area is 116 Å². The van der Waals surface area contributed by atoms with Crippen LogP contribution in [-0.4, -0.2) is 21.5 Å². The third-order valence-electron chi connectivity index (χ3n) is 3.00. The fourth-order valence-corrected chi connectivity index (χ4v) is 2.21.